The van der Waals surface area contributed by atoms with Gasteiger partial charge in [-0.25, -0.2) is 9.59 Å². The topological polar surface area (TPSA) is 116 Å². The summed E-state index contributed by atoms with van der Waals surface area (Å²) in [6.07, 6.45) is 5.01. The van der Waals surface area contributed by atoms with Crippen LogP contribution in [0, 0.1) is 11.8 Å². The Balaban J connectivity index is 2.23. The summed E-state index contributed by atoms with van der Waals surface area (Å²) in [6, 6.07) is -2.04. The van der Waals surface area contributed by atoms with Gasteiger partial charge in [0.15, 0.2) is 0 Å². The van der Waals surface area contributed by atoms with Gasteiger partial charge in [-0.15, -0.1) is 0 Å². The highest BCUT2D eigenvalue weighted by atomic mass is 16.4. The van der Waals surface area contributed by atoms with E-state index in [2.05, 4.69) is 17.6 Å². The van der Waals surface area contributed by atoms with Crippen molar-refractivity contribution in [1.82, 2.24) is 10.6 Å². The van der Waals surface area contributed by atoms with Gasteiger partial charge in [0, 0.05) is 6.54 Å². The molecule has 0 aromatic rings. The van der Waals surface area contributed by atoms with Crippen molar-refractivity contribution >= 4 is 18.0 Å². The van der Waals surface area contributed by atoms with Crippen LogP contribution < -0.4 is 10.6 Å². The lowest BCUT2D eigenvalue weighted by molar-refractivity contribution is -0.145. The molecule has 0 aliphatic heterocycles. The fourth-order valence-electron chi connectivity index (χ4n) is 2.59. The van der Waals surface area contributed by atoms with Gasteiger partial charge in [-0.05, 0) is 18.3 Å². The zero-order valence-electron chi connectivity index (χ0n) is 12.3. The molecule has 7 heteroatoms. The number of rotatable bonds is 7. The van der Waals surface area contributed by atoms with Crippen molar-refractivity contribution in [2.24, 2.45) is 11.8 Å². The van der Waals surface area contributed by atoms with Crippen molar-refractivity contribution in [2.45, 2.75) is 51.5 Å². The van der Waals surface area contributed by atoms with Crippen LogP contribution in [0.15, 0.2) is 0 Å². The van der Waals surface area contributed by atoms with Gasteiger partial charge in [0.05, 0.1) is 6.42 Å². The first-order valence-corrected chi connectivity index (χ1v) is 7.37. The van der Waals surface area contributed by atoms with Crippen LogP contribution in [0.2, 0.25) is 0 Å². The van der Waals surface area contributed by atoms with Crippen molar-refractivity contribution in [1.29, 1.82) is 0 Å². The maximum absolute atomic E-state index is 11.6. The Hall–Kier alpha value is -1.79. The monoisotopic (exact) mass is 300 g/mol. The van der Waals surface area contributed by atoms with Gasteiger partial charge in [-0.1, -0.05) is 32.6 Å². The second-order valence-corrected chi connectivity index (χ2v) is 5.80. The van der Waals surface area contributed by atoms with Gasteiger partial charge < -0.3 is 20.8 Å². The molecule has 4 N–H and O–H groups in total. The lowest BCUT2D eigenvalue weighted by Gasteiger charge is -2.26. The molecular formula is C14H24N2O5. The number of carboxylic acid groups (broad SMARTS) is 2. The first-order chi connectivity index (χ1) is 9.88. The fraction of sp³-hybridized carbons (Fsp3) is 0.786. The predicted octanol–water partition coefficient (Wildman–Crippen LogP) is 1.43. The summed E-state index contributed by atoms with van der Waals surface area (Å²) >= 11 is 0. The first-order valence-electron chi connectivity index (χ1n) is 7.37. The SMILES string of the molecule is CC1CCC(CCNC(=O)N[C@H](CC(=O)O)C(=O)O)CC1. The molecule has 1 atom stereocenters. The molecule has 2 amide bonds. The van der Waals surface area contributed by atoms with Gasteiger partial charge >= 0.3 is 18.0 Å². The number of carbonyl (C=O) groups excluding carboxylic acids is 1. The number of aliphatic carboxylic acids is 2. The molecule has 21 heavy (non-hydrogen) atoms. The molecule has 1 saturated carbocycles. The van der Waals surface area contributed by atoms with Gasteiger partial charge in [0.2, 0.25) is 0 Å². The van der Waals surface area contributed by atoms with Gasteiger partial charge in [0.25, 0.3) is 0 Å². The molecule has 0 spiro atoms. The standard InChI is InChI=1S/C14H24N2O5/c1-9-2-4-10(5-3-9)6-7-15-14(21)16-11(13(19)20)8-12(17)18/h9-11H,2-8H2,1H3,(H,17,18)(H,19,20)(H2,15,16,21)/t9?,10?,11-/m1/s1. The highest BCUT2D eigenvalue weighted by Gasteiger charge is 2.23. The number of carbonyl (C=O) groups is 3. The van der Waals surface area contributed by atoms with Crippen molar-refractivity contribution in [3.8, 4) is 0 Å². The van der Waals surface area contributed by atoms with Crippen LogP contribution in [0.4, 0.5) is 4.79 Å². The van der Waals surface area contributed by atoms with Crippen LogP contribution in [-0.2, 0) is 9.59 Å². The minimum Gasteiger partial charge on any atom is -0.481 e. The Morgan fingerprint density at radius 3 is 2.29 bits per heavy atom. The Labute approximate surface area is 124 Å². The van der Waals surface area contributed by atoms with Gasteiger partial charge in [0.1, 0.15) is 6.04 Å². The number of amides is 2. The van der Waals surface area contributed by atoms with Crippen LogP contribution in [0.25, 0.3) is 0 Å². The molecule has 7 nitrogen and oxygen atoms in total. The summed E-state index contributed by atoms with van der Waals surface area (Å²) in [5.41, 5.74) is 0. The molecule has 0 bridgehead atoms. The molecule has 0 aromatic heterocycles. The molecule has 1 aliphatic carbocycles. The number of hydrogen-bond donors (Lipinski definition) is 4. The summed E-state index contributed by atoms with van der Waals surface area (Å²) in [5, 5.41) is 22.2. The van der Waals surface area contributed by atoms with Crippen LogP contribution >= 0.6 is 0 Å². The molecule has 120 valence electrons. The van der Waals surface area contributed by atoms with E-state index in [0.717, 1.165) is 12.3 Å². The number of nitrogens with one attached hydrogen (secondary N) is 2. The average molecular weight is 300 g/mol. The summed E-state index contributed by atoms with van der Waals surface area (Å²) in [7, 11) is 0. The van der Waals surface area contributed by atoms with Crippen LogP contribution in [0.5, 0.6) is 0 Å². The maximum atomic E-state index is 11.6. The fourth-order valence-corrected chi connectivity index (χ4v) is 2.59. The smallest absolute Gasteiger partial charge is 0.326 e. The van der Waals surface area contributed by atoms with E-state index in [1.54, 1.807) is 0 Å². The molecule has 1 rings (SSSR count). The van der Waals surface area contributed by atoms with E-state index >= 15 is 0 Å². The van der Waals surface area contributed by atoms with E-state index < -0.39 is 30.4 Å². The third-order valence-corrected chi connectivity index (χ3v) is 3.96. The Morgan fingerprint density at radius 2 is 1.76 bits per heavy atom. The normalized spacial score (nSPS) is 23.1. The van der Waals surface area contributed by atoms with E-state index in [1.165, 1.54) is 25.7 Å². The van der Waals surface area contributed by atoms with E-state index in [9.17, 15) is 14.4 Å². The molecule has 0 saturated heterocycles. The number of hydrogen-bond acceptors (Lipinski definition) is 3. The first kappa shape index (κ1) is 17.3. The Kier molecular flexibility index (Phi) is 6.98. The average Bonchev–Trinajstić information content (AvgIpc) is 2.39. The van der Waals surface area contributed by atoms with Crippen molar-refractivity contribution in [3.63, 3.8) is 0 Å². The largest absolute Gasteiger partial charge is 0.481 e. The zero-order valence-corrected chi connectivity index (χ0v) is 12.3. The van der Waals surface area contributed by atoms with Crippen molar-refractivity contribution in [3.05, 3.63) is 0 Å². The lowest BCUT2D eigenvalue weighted by atomic mass is 9.81. The third kappa shape index (κ3) is 6.97. The van der Waals surface area contributed by atoms with E-state index in [-0.39, 0.29) is 0 Å². The second kappa shape index (κ2) is 8.49. The van der Waals surface area contributed by atoms with Crippen LogP contribution in [-0.4, -0.2) is 40.8 Å². The van der Waals surface area contributed by atoms with Gasteiger partial charge in [-0.2, -0.15) is 0 Å². The molecular weight excluding hydrogens is 276 g/mol. The second-order valence-electron chi connectivity index (χ2n) is 5.80. The van der Waals surface area contributed by atoms with Crippen LogP contribution in [0.1, 0.15) is 45.4 Å². The minimum absolute atomic E-state index is 0.476. The van der Waals surface area contributed by atoms with E-state index in [1.807, 2.05) is 0 Å². The zero-order chi connectivity index (χ0) is 15.8. The predicted molar refractivity (Wildman–Crippen MR) is 76.0 cm³/mol. The lowest BCUT2D eigenvalue weighted by Crippen LogP contribution is -2.47. The molecule has 1 fully saturated rings. The highest BCUT2D eigenvalue weighted by Crippen LogP contribution is 2.29. The highest BCUT2D eigenvalue weighted by molar-refractivity contribution is 5.86. The maximum Gasteiger partial charge on any atom is 0.326 e. The van der Waals surface area contributed by atoms with E-state index in [0.29, 0.717) is 12.5 Å². The van der Waals surface area contributed by atoms with Gasteiger partial charge in [-0.3, -0.25) is 4.79 Å². The number of urea groups is 1. The third-order valence-electron chi connectivity index (χ3n) is 3.96. The summed E-state index contributed by atoms with van der Waals surface area (Å²) < 4.78 is 0. The van der Waals surface area contributed by atoms with E-state index in [4.69, 9.17) is 10.2 Å². The number of carboxylic acids is 2. The minimum atomic E-state index is -1.40. The Bertz CT molecular complexity index is 378. The molecule has 1 aliphatic rings. The van der Waals surface area contributed by atoms with Crippen molar-refractivity contribution in [2.75, 3.05) is 6.54 Å². The van der Waals surface area contributed by atoms with Crippen LogP contribution in [0.3, 0.4) is 0 Å². The molecule has 0 unspecified atom stereocenters. The summed E-state index contributed by atoms with van der Waals surface area (Å²) in [6.45, 7) is 2.72. The van der Waals surface area contributed by atoms with Crippen molar-refractivity contribution < 1.29 is 24.6 Å². The Morgan fingerprint density at radius 1 is 1.14 bits per heavy atom. The summed E-state index contributed by atoms with van der Waals surface area (Å²) in [5.74, 6) is -1.23. The molecule has 0 aromatic carbocycles. The molecule has 0 heterocycles. The molecule has 0 radical (unpaired) electrons. The summed E-state index contributed by atoms with van der Waals surface area (Å²) in [4.78, 5) is 32.9. The quantitative estimate of drug-likeness (QED) is 0.567.